The predicted octanol–water partition coefficient (Wildman–Crippen LogP) is 6.00. The molecule has 1 N–H and O–H groups in total. The van der Waals surface area contributed by atoms with Crippen LogP contribution in [-0.4, -0.2) is 22.0 Å². The average Bonchev–Trinajstić information content (AvgIpc) is 2.71. The molecule has 0 aliphatic rings. The van der Waals surface area contributed by atoms with Crippen LogP contribution in [0.2, 0.25) is 10.0 Å². The van der Waals surface area contributed by atoms with E-state index in [2.05, 4.69) is 15.3 Å². The van der Waals surface area contributed by atoms with E-state index in [0.29, 0.717) is 17.0 Å². The smallest absolute Gasteiger partial charge is 0.417 e. The normalized spacial score (nSPS) is 12.2. The Morgan fingerprint density at radius 2 is 1.74 bits per heavy atom. The van der Waals surface area contributed by atoms with Crippen molar-refractivity contribution in [1.29, 1.82) is 0 Å². The number of nitrogens with one attached hydrogen (secondary N) is 1. The van der Waals surface area contributed by atoms with Crippen molar-refractivity contribution in [2.75, 3.05) is 5.32 Å². The van der Waals surface area contributed by atoms with Gasteiger partial charge in [0.1, 0.15) is 16.5 Å². The Bertz CT molecular complexity index is 1080. The zero-order valence-electron chi connectivity index (χ0n) is 15.8. The number of amides is 1. The third-order valence-electron chi connectivity index (χ3n) is 3.86. The van der Waals surface area contributed by atoms with Crippen molar-refractivity contribution in [3.8, 4) is 17.4 Å². The fraction of sp³-hybridized carbons (Fsp3) is 0.150. The Kier molecular flexibility index (Phi) is 6.87. The van der Waals surface area contributed by atoms with Gasteiger partial charge in [0, 0.05) is 12.4 Å². The van der Waals surface area contributed by atoms with E-state index in [1.54, 1.807) is 19.1 Å². The molecule has 2 heterocycles. The number of nitrogens with zero attached hydrogens (tertiary/aromatic N) is 2. The van der Waals surface area contributed by atoms with Crippen LogP contribution in [0.15, 0.2) is 54.9 Å². The van der Waals surface area contributed by atoms with Crippen molar-refractivity contribution in [2.24, 2.45) is 0 Å². The van der Waals surface area contributed by atoms with E-state index in [0.717, 1.165) is 6.07 Å². The molecule has 1 aromatic carbocycles. The molecule has 0 saturated heterocycles. The molecule has 0 spiro atoms. The number of halogens is 5. The van der Waals surface area contributed by atoms with Crippen LogP contribution in [0.4, 0.5) is 19.0 Å². The van der Waals surface area contributed by atoms with E-state index in [1.807, 2.05) is 0 Å². The number of carbonyl (C=O) groups excluding carboxylic acids is 1. The molecule has 0 bridgehead atoms. The molecule has 6 nitrogen and oxygen atoms in total. The molecular formula is C20H14Cl2F3N3O3. The van der Waals surface area contributed by atoms with Gasteiger partial charge in [0.15, 0.2) is 11.9 Å². The Morgan fingerprint density at radius 3 is 2.35 bits per heavy atom. The predicted molar refractivity (Wildman–Crippen MR) is 109 cm³/mol. The first-order chi connectivity index (χ1) is 14.6. The lowest BCUT2D eigenvalue weighted by Gasteiger charge is -2.15. The molecular weight excluding hydrogens is 458 g/mol. The highest BCUT2D eigenvalue weighted by atomic mass is 35.5. The molecule has 11 heteroatoms. The minimum Gasteiger partial charge on any atom is -0.481 e. The maximum atomic E-state index is 12.7. The third kappa shape index (κ3) is 5.99. The van der Waals surface area contributed by atoms with E-state index < -0.39 is 23.8 Å². The summed E-state index contributed by atoms with van der Waals surface area (Å²) >= 11 is 11.8. The number of anilines is 1. The van der Waals surface area contributed by atoms with Crippen molar-refractivity contribution in [1.82, 2.24) is 9.97 Å². The molecule has 1 amide bonds. The summed E-state index contributed by atoms with van der Waals surface area (Å²) in [4.78, 5) is 19.8. The zero-order valence-corrected chi connectivity index (χ0v) is 17.3. The van der Waals surface area contributed by atoms with Crippen LogP contribution in [-0.2, 0) is 11.0 Å². The van der Waals surface area contributed by atoms with Crippen molar-refractivity contribution in [3.05, 3.63) is 70.5 Å². The van der Waals surface area contributed by atoms with Crippen molar-refractivity contribution < 1.29 is 27.4 Å². The quantitative estimate of drug-likeness (QED) is 0.477. The van der Waals surface area contributed by atoms with Gasteiger partial charge < -0.3 is 14.8 Å². The summed E-state index contributed by atoms with van der Waals surface area (Å²) in [5, 5.41) is 2.57. The lowest BCUT2D eigenvalue weighted by molar-refractivity contribution is -0.137. The molecule has 31 heavy (non-hydrogen) atoms. The monoisotopic (exact) mass is 471 g/mol. The van der Waals surface area contributed by atoms with Crippen LogP contribution in [0.3, 0.4) is 0 Å². The highest BCUT2D eigenvalue weighted by Crippen LogP contribution is 2.35. The first kappa shape index (κ1) is 22.6. The number of aromatic nitrogens is 2. The van der Waals surface area contributed by atoms with Gasteiger partial charge in [-0.2, -0.15) is 13.2 Å². The van der Waals surface area contributed by atoms with Crippen molar-refractivity contribution >= 4 is 34.9 Å². The molecule has 0 saturated carbocycles. The Balaban J connectivity index is 1.61. The average molecular weight is 472 g/mol. The molecule has 3 aromatic rings. The van der Waals surface area contributed by atoms with Crippen LogP contribution in [0.5, 0.6) is 17.4 Å². The molecule has 0 aliphatic heterocycles. The lowest BCUT2D eigenvalue weighted by atomic mass is 10.3. The summed E-state index contributed by atoms with van der Waals surface area (Å²) in [6.45, 7) is 1.54. The third-order valence-corrected chi connectivity index (χ3v) is 4.43. The SMILES string of the molecule is CC(Oc1ccc(Oc2ncc(C(F)(F)F)cc2Cl)cc1)C(=O)Nc1ncccc1Cl. The van der Waals surface area contributed by atoms with Gasteiger partial charge in [-0.15, -0.1) is 0 Å². The van der Waals surface area contributed by atoms with Gasteiger partial charge in [0.25, 0.3) is 5.91 Å². The van der Waals surface area contributed by atoms with Gasteiger partial charge in [0.2, 0.25) is 5.88 Å². The van der Waals surface area contributed by atoms with Gasteiger partial charge in [-0.25, -0.2) is 9.97 Å². The van der Waals surface area contributed by atoms with Gasteiger partial charge in [-0.1, -0.05) is 23.2 Å². The van der Waals surface area contributed by atoms with Crippen LogP contribution in [0.25, 0.3) is 0 Å². The first-order valence-electron chi connectivity index (χ1n) is 8.72. The number of ether oxygens (including phenoxy) is 2. The number of hydrogen-bond acceptors (Lipinski definition) is 5. The second-order valence-corrected chi connectivity index (χ2v) is 6.98. The summed E-state index contributed by atoms with van der Waals surface area (Å²) in [6.07, 6.45) is -3.30. The van der Waals surface area contributed by atoms with Crippen molar-refractivity contribution in [3.63, 3.8) is 0 Å². The van der Waals surface area contributed by atoms with Gasteiger partial charge in [-0.05, 0) is 49.4 Å². The summed E-state index contributed by atoms with van der Waals surface area (Å²) in [6, 6.07) is 9.98. The maximum Gasteiger partial charge on any atom is 0.417 e. The van der Waals surface area contributed by atoms with Crippen LogP contribution in [0.1, 0.15) is 12.5 Å². The minimum atomic E-state index is -4.56. The lowest BCUT2D eigenvalue weighted by Crippen LogP contribution is -2.30. The standard InChI is InChI=1S/C20H14Cl2F3N3O3/c1-11(18(29)28-17-15(21)3-2-8-26-17)30-13-4-6-14(7-5-13)31-19-16(22)9-12(10-27-19)20(23,24)25/h2-11H,1H3,(H,26,28,29). The number of pyridine rings is 2. The topological polar surface area (TPSA) is 73.3 Å². The Morgan fingerprint density at radius 1 is 1.06 bits per heavy atom. The van der Waals surface area contributed by atoms with Crippen LogP contribution < -0.4 is 14.8 Å². The molecule has 162 valence electrons. The largest absolute Gasteiger partial charge is 0.481 e. The minimum absolute atomic E-state index is 0.177. The molecule has 0 aliphatic carbocycles. The fourth-order valence-electron chi connectivity index (χ4n) is 2.31. The van der Waals surface area contributed by atoms with Gasteiger partial charge >= 0.3 is 6.18 Å². The van der Waals surface area contributed by atoms with Crippen molar-refractivity contribution in [2.45, 2.75) is 19.2 Å². The van der Waals surface area contributed by atoms with Gasteiger partial charge in [-0.3, -0.25) is 4.79 Å². The Labute approximate surface area is 184 Å². The molecule has 3 rings (SSSR count). The number of rotatable bonds is 6. The summed E-state index contributed by atoms with van der Waals surface area (Å²) in [7, 11) is 0. The summed E-state index contributed by atoms with van der Waals surface area (Å²) in [5.74, 6) is 0.201. The number of hydrogen-bond donors (Lipinski definition) is 1. The second kappa shape index (κ2) is 9.40. The molecule has 1 unspecified atom stereocenters. The van der Waals surface area contributed by atoms with Crippen LogP contribution in [0, 0.1) is 0 Å². The maximum absolute atomic E-state index is 12.7. The van der Waals surface area contributed by atoms with Gasteiger partial charge in [0.05, 0.1) is 10.6 Å². The second-order valence-electron chi connectivity index (χ2n) is 6.17. The zero-order chi connectivity index (χ0) is 22.6. The molecule has 0 radical (unpaired) electrons. The highest BCUT2D eigenvalue weighted by molar-refractivity contribution is 6.33. The van der Waals surface area contributed by atoms with E-state index in [-0.39, 0.29) is 22.5 Å². The number of benzene rings is 1. The van der Waals surface area contributed by atoms with Crippen LogP contribution >= 0.6 is 23.2 Å². The summed E-state index contributed by atoms with van der Waals surface area (Å²) < 4.78 is 49.0. The highest BCUT2D eigenvalue weighted by Gasteiger charge is 2.31. The molecule has 2 aromatic heterocycles. The van der Waals surface area contributed by atoms with E-state index in [4.69, 9.17) is 32.7 Å². The summed E-state index contributed by atoms with van der Waals surface area (Å²) in [5.41, 5.74) is -0.979. The Hall–Kier alpha value is -3.04. The molecule has 1 atom stereocenters. The van der Waals surface area contributed by atoms with E-state index in [1.165, 1.54) is 30.5 Å². The van der Waals surface area contributed by atoms with E-state index in [9.17, 15) is 18.0 Å². The number of carbonyl (C=O) groups is 1. The fourth-order valence-corrected chi connectivity index (χ4v) is 2.68. The van der Waals surface area contributed by atoms with E-state index >= 15 is 0 Å². The number of alkyl halides is 3. The molecule has 0 fully saturated rings. The first-order valence-corrected chi connectivity index (χ1v) is 9.48.